The van der Waals surface area contributed by atoms with E-state index in [0.717, 1.165) is 29.7 Å². The second-order valence-corrected chi connectivity index (χ2v) is 4.58. The Kier molecular flexibility index (Phi) is 2.35. The number of hydrogen-bond donors (Lipinski definition) is 1. The number of fused-ring (bicyclic) bond motifs is 1. The Labute approximate surface area is 99.6 Å². The van der Waals surface area contributed by atoms with Gasteiger partial charge in [-0.05, 0) is 31.9 Å². The van der Waals surface area contributed by atoms with E-state index in [0.29, 0.717) is 12.6 Å². The largest absolute Gasteiger partial charge is 0.352 e. The number of nitrogens with one attached hydrogen (secondary N) is 1. The summed E-state index contributed by atoms with van der Waals surface area (Å²) in [6.45, 7) is 2.30. The van der Waals surface area contributed by atoms with Gasteiger partial charge in [-0.1, -0.05) is 12.1 Å². The van der Waals surface area contributed by atoms with Crippen LogP contribution < -0.4 is 5.32 Å². The molecule has 0 aliphatic heterocycles. The number of hydrogen-bond acceptors (Lipinski definition) is 2. The molecule has 4 heteroatoms. The average molecular weight is 229 g/mol. The second-order valence-electron chi connectivity index (χ2n) is 4.58. The predicted octanol–water partition coefficient (Wildman–Crippen LogP) is 1.62. The summed E-state index contributed by atoms with van der Waals surface area (Å²) in [5, 5.41) is 3.00. The van der Waals surface area contributed by atoms with Crippen molar-refractivity contribution in [2.75, 3.05) is 0 Å². The number of rotatable bonds is 3. The van der Waals surface area contributed by atoms with Crippen LogP contribution in [0.25, 0.3) is 11.0 Å². The lowest BCUT2D eigenvalue weighted by Gasteiger charge is -2.07. The number of benzene rings is 1. The van der Waals surface area contributed by atoms with Gasteiger partial charge in [0.25, 0.3) is 0 Å². The zero-order chi connectivity index (χ0) is 11.8. The van der Waals surface area contributed by atoms with Gasteiger partial charge in [-0.3, -0.25) is 4.79 Å². The van der Waals surface area contributed by atoms with Crippen LogP contribution in [-0.2, 0) is 11.3 Å². The summed E-state index contributed by atoms with van der Waals surface area (Å²) in [5.74, 6) is 0.968. The van der Waals surface area contributed by atoms with Gasteiger partial charge in [-0.25, -0.2) is 4.98 Å². The van der Waals surface area contributed by atoms with Gasteiger partial charge in [0.2, 0.25) is 5.91 Å². The molecule has 1 fully saturated rings. The lowest BCUT2D eigenvalue weighted by atomic mass is 10.3. The Morgan fingerprint density at radius 1 is 1.47 bits per heavy atom. The quantitative estimate of drug-likeness (QED) is 0.869. The highest BCUT2D eigenvalue weighted by Gasteiger charge is 2.23. The lowest BCUT2D eigenvalue weighted by molar-refractivity contribution is -0.121. The number of aromatic nitrogens is 2. The molecular weight excluding hydrogens is 214 g/mol. The standard InChI is InChI=1S/C13H15N3O/c1-9-14-11-4-2-3-5-12(11)16(9)8-13(17)15-10-6-7-10/h2-5,10H,6-8H2,1H3,(H,15,17). The third kappa shape index (κ3) is 2.02. The topological polar surface area (TPSA) is 46.9 Å². The van der Waals surface area contributed by atoms with Crippen LogP contribution in [0.4, 0.5) is 0 Å². The van der Waals surface area contributed by atoms with Gasteiger partial charge in [0.05, 0.1) is 11.0 Å². The Morgan fingerprint density at radius 2 is 2.24 bits per heavy atom. The molecule has 0 saturated heterocycles. The van der Waals surface area contributed by atoms with E-state index < -0.39 is 0 Å². The lowest BCUT2D eigenvalue weighted by Crippen LogP contribution is -2.29. The first-order valence-electron chi connectivity index (χ1n) is 5.95. The van der Waals surface area contributed by atoms with Crippen molar-refractivity contribution in [3.05, 3.63) is 30.1 Å². The van der Waals surface area contributed by atoms with Gasteiger partial charge in [-0.15, -0.1) is 0 Å². The number of imidazole rings is 1. The fourth-order valence-corrected chi connectivity index (χ4v) is 2.04. The Morgan fingerprint density at radius 3 is 3.00 bits per heavy atom. The summed E-state index contributed by atoms with van der Waals surface area (Å²) in [4.78, 5) is 16.2. The number of aryl methyl sites for hydroxylation is 1. The monoisotopic (exact) mass is 229 g/mol. The van der Waals surface area contributed by atoms with E-state index in [-0.39, 0.29) is 5.91 Å². The summed E-state index contributed by atoms with van der Waals surface area (Å²) in [6.07, 6.45) is 2.24. The van der Waals surface area contributed by atoms with Crippen molar-refractivity contribution in [1.82, 2.24) is 14.9 Å². The summed E-state index contributed by atoms with van der Waals surface area (Å²) in [7, 11) is 0. The van der Waals surface area contributed by atoms with Gasteiger partial charge in [-0.2, -0.15) is 0 Å². The van der Waals surface area contributed by atoms with Gasteiger partial charge in [0.1, 0.15) is 12.4 Å². The zero-order valence-corrected chi connectivity index (χ0v) is 9.81. The number of amides is 1. The van der Waals surface area contributed by atoms with Crippen molar-refractivity contribution in [3.63, 3.8) is 0 Å². The molecule has 1 aromatic carbocycles. The highest BCUT2D eigenvalue weighted by Crippen LogP contribution is 2.19. The van der Waals surface area contributed by atoms with Crippen molar-refractivity contribution in [2.24, 2.45) is 0 Å². The first kappa shape index (κ1) is 10.3. The molecule has 1 amide bonds. The maximum atomic E-state index is 11.8. The third-order valence-corrected chi connectivity index (χ3v) is 3.09. The second kappa shape index (κ2) is 3.87. The Bertz CT molecular complexity index is 569. The van der Waals surface area contributed by atoms with Crippen LogP contribution in [0.15, 0.2) is 24.3 Å². The van der Waals surface area contributed by atoms with Crippen LogP contribution in [0.2, 0.25) is 0 Å². The van der Waals surface area contributed by atoms with E-state index >= 15 is 0 Å². The molecule has 88 valence electrons. The average Bonchev–Trinajstić information content (AvgIpc) is 3.05. The SMILES string of the molecule is Cc1nc2ccccc2n1CC(=O)NC1CC1. The van der Waals surface area contributed by atoms with Gasteiger partial charge >= 0.3 is 0 Å². The number of carbonyl (C=O) groups excluding carboxylic acids is 1. The van der Waals surface area contributed by atoms with E-state index in [9.17, 15) is 4.79 Å². The Hall–Kier alpha value is -1.84. The van der Waals surface area contributed by atoms with Crippen molar-refractivity contribution in [1.29, 1.82) is 0 Å². The molecule has 0 atom stereocenters. The summed E-state index contributed by atoms with van der Waals surface area (Å²) >= 11 is 0. The molecule has 1 N–H and O–H groups in total. The molecule has 1 heterocycles. The fourth-order valence-electron chi connectivity index (χ4n) is 2.04. The molecule has 1 aliphatic carbocycles. The minimum atomic E-state index is 0.0822. The van der Waals surface area contributed by atoms with Crippen LogP contribution in [0, 0.1) is 6.92 Å². The number of para-hydroxylation sites is 2. The molecular formula is C13H15N3O. The predicted molar refractivity (Wildman–Crippen MR) is 65.6 cm³/mol. The minimum Gasteiger partial charge on any atom is -0.352 e. The molecule has 0 unspecified atom stereocenters. The fraction of sp³-hybridized carbons (Fsp3) is 0.385. The maximum Gasteiger partial charge on any atom is 0.240 e. The van der Waals surface area contributed by atoms with Crippen LogP contribution in [0.3, 0.4) is 0 Å². The third-order valence-electron chi connectivity index (χ3n) is 3.09. The van der Waals surface area contributed by atoms with Crippen LogP contribution >= 0.6 is 0 Å². The van der Waals surface area contributed by atoms with Crippen molar-refractivity contribution in [2.45, 2.75) is 32.4 Å². The smallest absolute Gasteiger partial charge is 0.240 e. The summed E-state index contributed by atoms with van der Waals surface area (Å²) in [6, 6.07) is 8.32. The molecule has 0 spiro atoms. The van der Waals surface area contributed by atoms with Crippen LogP contribution in [-0.4, -0.2) is 21.5 Å². The minimum absolute atomic E-state index is 0.0822. The Balaban J connectivity index is 1.87. The van der Waals surface area contributed by atoms with E-state index in [4.69, 9.17) is 0 Å². The molecule has 1 aromatic heterocycles. The summed E-state index contributed by atoms with van der Waals surface area (Å²) in [5.41, 5.74) is 1.97. The molecule has 0 radical (unpaired) electrons. The molecule has 1 saturated carbocycles. The first-order chi connectivity index (χ1) is 8.24. The van der Waals surface area contributed by atoms with Gasteiger partial charge < -0.3 is 9.88 Å². The molecule has 0 bridgehead atoms. The van der Waals surface area contributed by atoms with Crippen molar-refractivity contribution >= 4 is 16.9 Å². The molecule has 2 aromatic rings. The number of nitrogens with zero attached hydrogens (tertiary/aromatic N) is 2. The molecule has 1 aliphatic rings. The molecule has 17 heavy (non-hydrogen) atoms. The highest BCUT2D eigenvalue weighted by atomic mass is 16.2. The van der Waals surface area contributed by atoms with Gasteiger partial charge in [0, 0.05) is 6.04 Å². The van der Waals surface area contributed by atoms with E-state index in [1.54, 1.807) is 0 Å². The van der Waals surface area contributed by atoms with Crippen molar-refractivity contribution in [3.8, 4) is 0 Å². The number of carbonyl (C=O) groups is 1. The van der Waals surface area contributed by atoms with E-state index in [1.165, 1.54) is 0 Å². The molecule has 3 rings (SSSR count). The van der Waals surface area contributed by atoms with Crippen LogP contribution in [0.1, 0.15) is 18.7 Å². The molecule has 4 nitrogen and oxygen atoms in total. The maximum absolute atomic E-state index is 11.8. The van der Waals surface area contributed by atoms with Crippen molar-refractivity contribution < 1.29 is 4.79 Å². The highest BCUT2D eigenvalue weighted by molar-refractivity contribution is 5.81. The van der Waals surface area contributed by atoms with E-state index in [1.807, 2.05) is 35.8 Å². The van der Waals surface area contributed by atoms with E-state index in [2.05, 4.69) is 10.3 Å². The van der Waals surface area contributed by atoms with Gasteiger partial charge in [0.15, 0.2) is 0 Å². The summed E-state index contributed by atoms with van der Waals surface area (Å²) < 4.78 is 1.97. The zero-order valence-electron chi connectivity index (χ0n) is 9.81. The first-order valence-corrected chi connectivity index (χ1v) is 5.95. The normalized spacial score (nSPS) is 15.1. The van der Waals surface area contributed by atoms with Crippen LogP contribution in [0.5, 0.6) is 0 Å².